The fourth-order valence-corrected chi connectivity index (χ4v) is 2.60. The maximum absolute atomic E-state index is 11.1. The SMILES string of the molecule is CC(C)COP(=O)(O)OCC(C)C.O=c1ccoc2ccccc12. The van der Waals surface area contributed by atoms with Gasteiger partial charge in [-0.15, -0.1) is 0 Å². The van der Waals surface area contributed by atoms with Crippen molar-refractivity contribution in [2.45, 2.75) is 27.7 Å². The van der Waals surface area contributed by atoms with Crippen molar-refractivity contribution in [3.63, 3.8) is 0 Å². The van der Waals surface area contributed by atoms with Gasteiger partial charge < -0.3 is 9.31 Å². The molecule has 0 aliphatic heterocycles. The first kappa shape index (κ1) is 20.6. The highest BCUT2D eigenvalue weighted by atomic mass is 31.2. The molecular weight excluding hydrogens is 331 g/mol. The Kier molecular flexibility index (Phi) is 8.36. The van der Waals surface area contributed by atoms with Crippen LogP contribution < -0.4 is 5.43 Å². The maximum atomic E-state index is 11.1. The molecule has 0 radical (unpaired) electrons. The number of hydrogen-bond acceptors (Lipinski definition) is 5. The molecule has 0 amide bonds. The molecule has 7 heteroatoms. The fraction of sp³-hybridized carbons (Fsp3) is 0.471. The Balaban J connectivity index is 0.000000242. The zero-order chi connectivity index (χ0) is 18.2. The topological polar surface area (TPSA) is 86.0 Å². The Hall–Kier alpha value is -1.46. The molecule has 0 aliphatic rings. The quantitative estimate of drug-likeness (QED) is 0.780. The number of rotatable bonds is 6. The van der Waals surface area contributed by atoms with Gasteiger partial charge >= 0.3 is 7.82 Å². The molecule has 0 saturated heterocycles. The summed E-state index contributed by atoms with van der Waals surface area (Å²) >= 11 is 0. The fourth-order valence-electron chi connectivity index (χ4n) is 1.56. The molecule has 2 aromatic rings. The van der Waals surface area contributed by atoms with Crippen LogP contribution in [0.5, 0.6) is 0 Å². The van der Waals surface area contributed by atoms with Crippen molar-refractivity contribution in [3.8, 4) is 0 Å². The van der Waals surface area contributed by atoms with Gasteiger partial charge in [0.1, 0.15) is 5.58 Å². The van der Waals surface area contributed by atoms with Crippen LogP contribution in [0.2, 0.25) is 0 Å². The summed E-state index contributed by atoms with van der Waals surface area (Å²) in [6.07, 6.45) is 1.41. The molecule has 0 bridgehead atoms. The molecule has 0 saturated carbocycles. The summed E-state index contributed by atoms with van der Waals surface area (Å²) in [5.41, 5.74) is 0.645. The lowest BCUT2D eigenvalue weighted by atomic mass is 10.2. The number of benzene rings is 1. The largest absolute Gasteiger partial charge is 0.472 e. The van der Waals surface area contributed by atoms with E-state index in [0.717, 1.165) is 0 Å². The maximum Gasteiger partial charge on any atom is 0.472 e. The summed E-state index contributed by atoms with van der Waals surface area (Å²) in [6.45, 7) is 8.10. The Bertz CT molecular complexity index is 701. The monoisotopic (exact) mass is 356 g/mol. The molecular formula is C17H25O6P. The van der Waals surface area contributed by atoms with Crippen LogP contribution in [0.4, 0.5) is 0 Å². The molecule has 2 rings (SSSR count). The van der Waals surface area contributed by atoms with Crippen LogP contribution in [0.25, 0.3) is 11.0 Å². The van der Waals surface area contributed by atoms with Crippen molar-refractivity contribution in [3.05, 3.63) is 46.8 Å². The summed E-state index contributed by atoms with van der Waals surface area (Å²) in [6, 6.07) is 8.60. The minimum absolute atomic E-state index is 0.00634. The first-order valence-corrected chi connectivity index (χ1v) is 9.29. The van der Waals surface area contributed by atoms with E-state index in [0.29, 0.717) is 11.0 Å². The zero-order valence-electron chi connectivity index (χ0n) is 14.5. The lowest BCUT2D eigenvalue weighted by Gasteiger charge is -2.14. The molecule has 134 valence electrons. The molecule has 0 aliphatic carbocycles. The molecule has 6 nitrogen and oxygen atoms in total. The molecule has 1 aromatic carbocycles. The Labute approximate surface area is 142 Å². The molecule has 1 heterocycles. The van der Waals surface area contributed by atoms with Crippen molar-refractivity contribution in [1.29, 1.82) is 0 Å². The van der Waals surface area contributed by atoms with Crippen LogP contribution >= 0.6 is 7.82 Å². The van der Waals surface area contributed by atoms with Gasteiger partial charge in [-0.3, -0.25) is 13.8 Å². The second-order valence-electron chi connectivity index (χ2n) is 6.13. The molecule has 0 unspecified atom stereocenters. The zero-order valence-corrected chi connectivity index (χ0v) is 15.4. The summed E-state index contributed by atoms with van der Waals surface area (Å²) in [5, 5.41) is 0.634. The summed E-state index contributed by atoms with van der Waals surface area (Å²) in [7, 11) is -3.80. The number of fused-ring (bicyclic) bond motifs is 1. The van der Waals surface area contributed by atoms with Gasteiger partial charge in [0.15, 0.2) is 5.43 Å². The van der Waals surface area contributed by atoms with Gasteiger partial charge in [-0.2, -0.15) is 0 Å². The second kappa shape index (κ2) is 9.74. The minimum Gasteiger partial charge on any atom is -0.464 e. The van der Waals surface area contributed by atoms with Gasteiger partial charge in [0.2, 0.25) is 0 Å². The predicted molar refractivity (Wildman–Crippen MR) is 93.9 cm³/mol. The van der Waals surface area contributed by atoms with Crippen LogP contribution in [0.3, 0.4) is 0 Å². The molecule has 24 heavy (non-hydrogen) atoms. The van der Waals surface area contributed by atoms with Gasteiger partial charge in [0, 0.05) is 6.07 Å². The van der Waals surface area contributed by atoms with Crippen LogP contribution in [-0.4, -0.2) is 18.1 Å². The van der Waals surface area contributed by atoms with E-state index >= 15 is 0 Å². The summed E-state index contributed by atoms with van der Waals surface area (Å²) < 4.78 is 25.7. The smallest absolute Gasteiger partial charge is 0.464 e. The number of phosphoric acid groups is 1. The van der Waals surface area contributed by atoms with Crippen LogP contribution in [0.15, 0.2) is 45.8 Å². The predicted octanol–water partition coefficient (Wildman–Crippen LogP) is 4.23. The van der Waals surface area contributed by atoms with Gasteiger partial charge in [-0.25, -0.2) is 4.57 Å². The number of phosphoric ester groups is 1. The van der Waals surface area contributed by atoms with Crippen LogP contribution in [-0.2, 0) is 13.6 Å². The van der Waals surface area contributed by atoms with E-state index in [1.807, 2.05) is 39.8 Å². The lowest BCUT2D eigenvalue weighted by Crippen LogP contribution is -2.05. The third-order valence-corrected chi connectivity index (χ3v) is 3.66. The molecule has 1 aromatic heterocycles. The van der Waals surface area contributed by atoms with Gasteiger partial charge in [0.05, 0.1) is 24.9 Å². The first-order valence-electron chi connectivity index (χ1n) is 7.79. The van der Waals surface area contributed by atoms with Crippen LogP contribution in [0.1, 0.15) is 27.7 Å². The van der Waals surface area contributed by atoms with E-state index in [4.69, 9.17) is 18.4 Å². The molecule has 1 N–H and O–H groups in total. The lowest BCUT2D eigenvalue weighted by molar-refractivity contribution is 0.126. The summed E-state index contributed by atoms with van der Waals surface area (Å²) in [4.78, 5) is 20.2. The van der Waals surface area contributed by atoms with Crippen molar-refractivity contribution < 1.29 is 22.9 Å². The Morgan fingerprint density at radius 3 is 2.08 bits per heavy atom. The average Bonchev–Trinajstić information content (AvgIpc) is 2.53. The molecule has 0 atom stereocenters. The number of hydrogen-bond donors (Lipinski definition) is 1. The van der Waals surface area contributed by atoms with Crippen molar-refractivity contribution in [2.24, 2.45) is 11.8 Å². The highest BCUT2D eigenvalue weighted by Crippen LogP contribution is 2.43. The second-order valence-corrected chi connectivity index (χ2v) is 7.58. The normalized spacial score (nSPS) is 11.6. The first-order chi connectivity index (χ1) is 11.2. The van der Waals surface area contributed by atoms with E-state index in [2.05, 4.69) is 0 Å². The van der Waals surface area contributed by atoms with E-state index in [-0.39, 0.29) is 30.5 Å². The number of para-hydroxylation sites is 1. The van der Waals surface area contributed by atoms with Crippen molar-refractivity contribution in [2.75, 3.05) is 13.2 Å². The summed E-state index contributed by atoms with van der Waals surface area (Å²) in [5.74, 6) is 0.450. The van der Waals surface area contributed by atoms with Gasteiger partial charge in [0.25, 0.3) is 0 Å². The van der Waals surface area contributed by atoms with Crippen LogP contribution in [0, 0.1) is 11.8 Å². The Morgan fingerprint density at radius 1 is 1.04 bits per heavy atom. The molecule has 0 spiro atoms. The van der Waals surface area contributed by atoms with E-state index in [9.17, 15) is 9.36 Å². The van der Waals surface area contributed by atoms with Gasteiger partial charge in [-0.1, -0.05) is 39.8 Å². The Morgan fingerprint density at radius 2 is 1.58 bits per heavy atom. The third-order valence-electron chi connectivity index (χ3n) is 2.71. The van der Waals surface area contributed by atoms with Gasteiger partial charge in [-0.05, 0) is 24.0 Å². The average molecular weight is 356 g/mol. The van der Waals surface area contributed by atoms with E-state index in [1.54, 1.807) is 12.1 Å². The van der Waals surface area contributed by atoms with E-state index < -0.39 is 7.82 Å². The minimum atomic E-state index is -3.80. The van der Waals surface area contributed by atoms with E-state index in [1.165, 1.54) is 12.3 Å². The highest BCUT2D eigenvalue weighted by Gasteiger charge is 2.21. The highest BCUT2D eigenvalue weighted by molar-refractivity contribution is 7.47. The third kappa shape index (κ3) is 7.88. The standard InChI is InChI=1S/C9H6O2.C8H19O4P/c10-8-5-6-11-9-4-2-1-3-7(8)9;1-7(2)5-11-13(9,10)12-6-8(3)4/h1-6H;7-8H,5-6H2,1-4H3,(H,9,10). The van der Waals surface area contributed by atoms with Crippen molar-refractivity contribution in [1.82, 2.24) is 0 Å². The molecule has 0 fully saturated rings. The van der Waals surface area contributed by atoms with Crippen molar-refractivity contribution >= 4 is 18.8 Å².